The van der Waals surface area contributed by atoms with Crippen LogP contribution in [0.2, 0.25) is 0 Å². The van der Waals surface area contributed by atoms with E-state index >= 15 is 0 Å². The lowest BCUT2D eigenvalue weighted by molar-refractivity contribution is 0.500. The van der Waals surface area contributed by atoms with Gasteiger partial charge in [0.25, 0.3) is 0 Å². The molecule has 1 aromatic carbocycles. The maximum absolute atomic E-state index is 12.9. The van der Waals surface area contributed by atoms with Crippen LogP contribution >= 0.6 is 27.7 Å². The van der Waals surface area contributed by atoms with Gasteiger partial charge in [0, 0.05) is 28.1 Å². The maximum Gasteiger partial charge on any atom is 0.124 e. The number of hydrogen-bond acceptors (Lipinski definition) is 2. The third-order valence-electron chi connectivity index (χ3n) is 2.48. The first kappa shape index (κ1) is 11.4. The van der Waals surface area contributed by atoms with Crippen LogP contribution in [0.25, 0.3) is 0 Å². The Morgan fingerprint density at radius 1 is 1.47 bits per heavy atom. The summed E-state index contributed by atoms with van der Waals surface area (Å²) in [6.45, 7) is 2.18. The van der Waals surface area contributed by atoms with Gasteiger partial charge >= 0.3 is 0 Å². The van der Waals surface area contributed by atoms with Crippen LogP contribution in [0.15, 0.2) is 22.7 Å². The van der Waals surface area contributed by atoms with Gasteiger partial charge in [-0.25, -0.2) is 4.39 Å². The summed E-state index contributed by atoms with van der Waals surface area (Å²) in [5, 5.41) is 3.52. The summed E-state index contributed by atoms with van der Waals surface area (Å²) in [6, 6.07) is 5.75. The normalized spacial score (nSPS) is 26.6. The number of thioether (sulfide) groups is 1. The van der Waals surface area contributed by atoms with Crippen LogP contribution in [-0.2, 0) is 0 Å². The summed E-state index contributed by atoms with van der Waals surface area (Å²) < 4.78 is 13.8. The molecule has 1 aliphatic rings. The van der Waals surface area contributed by atoms with Crippen LogP contribution < -0.4 is 5.32 Å². The molecule has 4 heteroatoms. The van der Waals surface area contributed by atoms with Gasteiger partial charge in [-0.05, 0) is 24.6 Å². The van der Waals surface area contributed by atoms with E-state index in [0.717, 1.165) is 21.5 Å². The molecule has 82 valence electrons. The average molecular weight is 290 g/mol. The second kappa shape index (κ2) is 4.85. The lowest BCUT2D eigenvalue weighted by Crippen LogP contribution is -2.38. The lowest BCUT2D eigenvalue weighted by atomic mass is 10.1. The van der Waals surface area contributed by atoms with Crippen LogP contribution in [-0.4, -0.2) is 17.5 Å². The van der Waals surface area contributed by atoms with E-state index in [1.807, 2.05) is 17.8 Å². The van der Waals surface area contributed by atoms with Crippen molar-refractivity contribution in [2.75, 3.05) is 11.5 Å². The molecule has 0 amide bonds. The SMILES string of the molecule is CC1CSCC(c2ccc(F)cc2Br)N1. The predicted octanol–water partition coefficient (Wildman–Crippen LogP) is 3.35. The molecule has 1 heterocycles. The first-order valence-electron chi connectivity index (χ1n) is 4.95. The van der Waals surface area contributed by atoms with Gasteiger partial charge in [0.2, 0.25) is 0 Å². The Kier molecular flexibility index (Phi) is 3.69. The van der Waals surface area contributed by atoms with Gasteiger partial charge in [0.05, 0.1) is 0 Å². The molecular weight excluding hydrogens is 277 g/mol. The Hall–Kier alpha value is -0.0600. The fourth-order valence-corrected chi connectivity index (χ4v) is 3.49. The van der Waals surface area contributed by atoms with Crippen molar-refractivity contribution in [3.63, 3.8) is 0 Å². The van der Waals surface area contributed by atoms with E-state index in [1.165, 1.54) is 12.1 Å². The predicted molar refractivity (Wildman–Crippen MR) is 66.8 cm³/mol. The second-order valence-corrected chi connectivity index (χ2v) is 5.75. The minimum absolute atomic E-state index is 0.192. The fourth-order valence-electron chi connectivity index (χ4n) is 1.77. The first-order chi connectivity index (χ1) is 7.16. The fraction of sp³-hybridized carbons (Fsp3) is 0.455. The highest BCUT2D eigenvalue weighted by Crippen LogP contribution is 2.29. The Morgan fingerprint density at radius 2 is 2.27 bits per heavy atom. The molecule has 15 heavy (non-hydrogen) atoms. The topological polar surface area (TPSA) is 12.0 Å². The van der Waals surface area contributed by atoms with Crippen LogP contribution in [0.3, 0.4) is 0 Å². The lowest BCUT2D eigenvalue weighted by Gasteiger charge is -2.29. The van der Waals surface area contributed by atoms with Crippen LogP contribution in [0.4, 0.5) is 4.39 Å². The molecule has 1 saturated heterocycles. The van der Waals surface area contributed by atoms with Crippen LogP contribution in [0.1, 0.15) is 18.5 Å². The van der Waals surface area contributed by atoms with Gasteiger partial charge in [-0.1, -0.05) is 22.0 Å². The molecular formula is C11H13BrFNS. The van der Waals surface area contributed by atoms with E-state index in [2.05, 4.69) is 28.2 Å². The highest BCUT2D eigenvalue weighted by molar-refractivity contribution is 9.10. The first-order valence-corrected chi connectivity index (χ1v) is 6.90. The van der Waals surface area contributed by atoms with Crippen molar-refractivity contribution in [2.45, 2.75) is 19.0 Å². The molecule has 1 aliphatic heterocycles. The van der Waals surface area contributed by atoms with Crippen LogP contribution in [0, 0.1) is 5.82 Å². The van der Waals surface area contributed by atoms with E-state index < -0.39 is 0 Å². The molecule has 2 rings (SSSR count). The highest BCUT2D eigenvalue weighted by atomic mass is 79.9. The van der Waals surface area contributed by atoms with Gasteiger partial charge in [-0.2, -0.15) is 11.8 Å². The number of nitrogens with one attached hydrogen (secondary N) is 1. The Bertz CT molecular complexity index is 358. The van der Waals surface area contributed by atoms with E-state index in [-0.39, 0.29) is 5.82 Å². The Labute approximate surface area is 102 Å². The summed E-state index contributed by atoms with van der Waals surface area (Å²) in [4.78, 5) is 0. The summed E-state index contributed by atoms with van der Waals surface area (Å²) >= 11 is 5.36. The monoisotopic (exact) mass is 289 g/mol. The molecule has 2 atom stereocenters. The van der Waals surface area contributed by atoms with E-state index in [4.69, 9.17) is 0 Å². The largest absolute Gasteiger partial charge is 0.306 e. The number of benzene rings is 1. The van der Waals surface area contributed by atoms with Crippen molar-refractivity contribution in [2.24, 2.45) is 0 Å². The smallest absolute Gasteiger partial charge is 0.124 e. The Balaban J connectivity index is 2.21. The third kappa shape index (κ3) is 2.74. The van der Waals surface area contributed by atoms with Crippen molar-refractivity contribution in [1.29, 1.82) is 0 Å². The summed E-state index contributed by atoms with van der Waals surface area (Å²) in [6.07, 6.45) is 0. The van der Waals surface area contributed by atoms with Crippen molar-refractivity contribution in [3.05, 3.63) is 34.1 Å². The number of hydrogen-bond donors (Lipinski definition) is 1. The van der Waals surface area contributed by atoms with Crippen molar-refractivity contribution < 1.29 is 4.39 Å². The van der Waals surface area contributed by atoms with Crippen molar-refractivity contribution in [1.82, 2.24) is 5.32 Å². The number of halogens is 2. The molecule has 1 N–H and O–H groups in total. The molecule has 1 aromatic rings. The zero-order valence-electron chi connectivity index (χ0n) is 8.47. The van der Waals surface area contributed by atoms with Crippen molar-refractivity contribution in [3.8, 4) is 0 Å². The van der Waals surface area contributed by atoms with E-state index in [9.17, 15) is 4.39 Å². The number of rotatable bonds is 1. The minimum atomic E-state index is -0.192. The molecule has 1 fully saturated rings. The second-order valence-electron chi connectivity index (χ2n) is 3.82. The summed E-state index contributed by atoms with van der Waals surface area (Å²) in [7, 11) is 0. The molecule has 0 spiro atoms. The third-order valence-corrected chi connectivity index (χ3v) is 4.47. The molecule has 2 unspecified atom stereocenters. The molecule has 0 radical (unpaired) electrons. The highest BCUT2D eigenvalue weighted by Gasteiger charge is 2.21. The Morgan fingerprint density at radius 3 is 2.93 bits per heavy atom. The van der Waals surface area contributed by atoms with Gasteiger partial charge in [-0.3, -0.25) is 0 Å². The van der Waals surface area contributed by atoms with Gasteiger partial charge in [0.15, 0.2) is 0 Å². The zero-order valence-corrected chi connectivity index (χ0v) is 10.9. The van der Waals surface area contributed by atoms with Crippen molar-refractivity contribution >= 4 is 27.7 Å². The molecule has 1 nitrogen and oxygen atoms in total. The summed E-state index contributed by atoms with van der Waals surface area (Å²) in [5.41, 5.74) is 1.15. The summed E-state index contributed by atoms with van der Waals surface area (Å²) in [5.74, 6) is 2.01. The standard InChI is InChI=1S/C11H13BrFNS/c1-7-5-15-6-11(14-7)9-3-2-8(13)4-10(9)12/h2-4,7,11,14H,5-6H2,1H3. The maximum atomic E-state index is 12.9. The van der Waals surface area contributed by atoms with Gasteiger partial charge in [-0.15, -0.1) is 0 Å². The van der Waals surface area contributed by atoms with Crippen LogP contribution in [0.5, 0.6) is 0 Å². The quantitative estimate of drug-likeness (QED) is 0.851. The van der Waals surface area contributed by atoms with E-state index in [0.29, 0.717) is 12.1 Å². The molecule has 0 saturated carbocycles. The minimum Gasteiger partial charge on any atom is -0.306 e. The average Bonchev–Trinajstić information content (AvgIpc) is 2.17. The van der Waals surface area contributed by atoms with E-state index in [1.54, 1.807) is 0 Å². The zero-order chi connectivity index (χ0) is 10.8. The van der Waals surface area contributed by atoms with Gasteiger partial charge in [0.1, 0.15) is 5.82 Å². The van der Waals surface area contributed by atoms with Gasteiger partial charge < -0.3 is 5.32 Å². The molecule has 0 aromatic heterocycles. The molecule has 0 aliphatic carbocycles. The molecule has 0 bridgehead atoms.